The summed E-state index contributed by atoms with van der Waals surface area (Å²) in [4.78, 5) is 33.7. The van der Waals surface area contributed by atoms with E-state index in [1.165, 1.54) is 25.1 Å². The fourth-order valence-corrected chi connectivity index (χ4v) is 3.88. The van der Waals surface area contributed by atoms with E-state index in [2.05, 4.69) is 9.97 Å². The van der Waals surface area contributed by atoms with Crippen molar-refractivity contribution < 1.29 is 31.9 Å². The fraction of sp³-hybridized carbons (Fsp3) is 0.130. The summed E-state index contributed by atoms with van der Waals surface area (Å²) in [5, 5.41) is 1.70. The quantitative estimate of drug-likeness (QED) is 0.255. The number of hydrogen-bond acceptors (Lipinski definition) is 7. The predicted octanol–water partition coefficient (Wildman–Crippen LogP) is 5.74. The summed E-state index contributed by atoms with van der Waals surface area (Å²) >= 11 is 1.04. The van der Waals surface area contributed by atoms with Crippen LogP contribution >= 0.6 is 11.3 Å². The molecule has 4 aromatic rings. The number of fused-ring (bicyclic) bond motifs is 1. The van der Waals surface area contributed by atoms with Gasteiger partial charge in [-0.05, 0) is 30.3 Å². The van der Waals surface area contributed by atoms with Gasteiger partial charge >= 0.3 is 12.1 Å². The average molecular weight is 487 g/mol. The zero-order chi connectivity index (χ0) is 24.3. The first-order chi connectivity index (χ1) is 16.2. The summed E-state index contributed by atoms with van der Waals surface area (Å²) in [6.45, 7) is 1.03. The molecule has 0 spiro atoms. The lowest BCUT2D eigenvalue weighted by molar-refractivity contribution is -0.139. The number of oxazole rings is 1. The van der Waals surface area contributed by atoms with Crippen LogP contribution in [0.1, 0.15) is 24.1 Å². The first kappa shape index (κ1) is 23.2. The standard InChI is InChI=1S/C23H16F3N3O4S/c1-14(30)29(17-6-4-5-15(11-17)23(24,25)26)22-27-16(13-34-22)12-32-21(31)10-9-20-28-18-7-2-3-8-19(18)33-20/h2-11,13H,12H2,1H3/b10-9+. The third-order valence-corrected chi connectivity index (χ3v) is 5.39. The van der Waals surface area contributed by atoms with Crippen molar-refractivity contribution in [3.63, 3.8) is 0 Å². The predicted molar refractivity (Wildman–Crippen MR) is 119 cm³/mol. The number of benzene rings is 2. The number of nitrogens with zero attached hydrogens (tertiary/aromatic N) is 3. The summed E-state index contributed by atoms with van der Waals surface area (Å²) in [5.41, 5.74) is 0.721. The van der Waals surface area contributed by atoms with Crippen LogP contribution in [0.3, 0.4) is 0 Å². The first-order valence-corrected chi connectivity index (χ1v) is 10.7. The van der Waals surface area contributed by atoms with E-state index in [1.54, 1.807) is 23.6 Å². The Morgan fingerprint density at radius 2 is 1.94 bits per heavy atom. The van der Waals surface area contributed by atoms with Crippen LogP contribution in [-0.4, -0.2) is 21.8 Å². The molecule has 11 heteroatoms. The summed E-state index contributed by atoms with van der Waals surface area (Å²) in [5.74, 6) is -0.941. The van der Waals surface area contributed by atoms with Crippen LogP contribution in [0.25, 0.3) is 17.2 Å². The molecular formula is C23H16F3N3O4S. The molecule has 0 saturated heterocycles. The minimum atomic E-state index is -4.55. The molecule has 2 heterocycles. The molecule has 2 aromatic carbocycles. The lowest BCUT2D eigenvalue weighted by Crippen LogP contribution is -2.23. The number of rotatable bonds is 6. The van der Waals surface area contributed by atoms with E-state index in [4.69, 9.17) is 9.15 Å². The Hall–Kier alpha value is -3.99. The van der Waals surface area contributed by atoms with E-state index in [0.717, 1.165) is 34.4 Å². The molecule has 4 rings (SSSR count). The average Bonchev–Trinajstić information content (AvgIpc) is 3.42. The molecule has 0 radical (unpaired) electrons. The third kappa shape index (κ3) is 5.31. The molecule has 7 nitrogen and oxygen atoms in total. The summed E-state index contributed by atoms with van der Waals surface area (Å²) in [7, 11) is 0. The van der Waals surface area contributed by atoms with Gasteiger partial charge in [0.25, 0.3) is 0 Å². The molecule has 0 aliphatic heterocycles. The van der Waals surface area contributed by atoms with Gasteiger partial charge in [-0.15, -0.1) is 11.3 Å². The normalized spacial score (nSPS) is 11.8. The van der Waals surface area contributed by atoms with Gasteiger partial charge in [-0.1, -0.05) is 18.2 Å². The first-order valence-electron chi connectivity index (χ1n) is 9.83. The molecule has 0 N–H and O–H groups in total. The van der Waals surface area contributed by atoms with E-state index in [9.17, 15) is 22.8 Å². The van der Waals surface area contributed by atoms with Gasteiger partial charge in [0.1, 0.15) is 12.1 Å². The molecule has 0 unspecified atom stereocenters. The number of esters is 1. The molecule has 0 bridgehead atoms. The molecule has 1 amide bonds. The van der Waals surface area contributed by atoms with Crippen LogP contribution in [0.4, 0.5) is 24.0 Å². The Kier molecular flexibility index (Phi) is 6.46. The second-order valence-electron chi connectivity index (χ2n) is 6.98. The minimum Gasteiger partial charge on any atom is -0.456 e. The SMILES string of the molecule is CC(=O)N(c1cccc(C(F)(F)F)c1)c1nc(COC(=O)/C=C/c2nc3ccccc3o2)cs1. The zero-order valence-electron chi connectivity index (χ0n) is 17.6. The molecule has 0 atom stereocenters. The van der Waals surface area contributed by atoms with Crippen molar-refractivity contribution in [2.75, 3.05) is 4.90 Å². The maximum atomic E-state index is 13.1. The van der Waals surface area contributed by atoms with E-state index in [1.807, 2.05) is 6.07 Å². The number of halogens is 3. The lowest BCUT2D eigenvalue weighted by Gasteiger charge is -2.19. The minimum absolute atomic E-state index is 0.0292. The van der Waals surface area contributed by atoms with Gasteiger partial charge < -0.3 is 9.15 Å². The van der Waals surface area contributed by atoms with Gasteiger partial charge in [-0.2, -0.15) is 13.2 Å². The van der Waals surface area contributed by atoms with E-state index >= 15 is 0 Å². The Bertz CT molecular complexity index is 1340. The highest BCUT2D eigenvalue weighted by Gasteiger charge is 2.31. The van der Waals surface area contributed by atoms with Crippen LogP contribution in [0, 0.1) is 0 Å². The number of alkyl halides is 3. The number of ether oxygens (including phenoxy) is 1. The van der Waals surface area contributed by atoms with Crippen molar-refractivity contribution in [2.45, 2.75) is 19.7 Å². The highest BCUT2D eigenvalue weighted by Crippen LogP contribution is 2.35. The number of para-hydroxylation sites is 2. The molecule has 0 aliphatic carbocycles. The van der Waals surface area contributed by atoms with E-state index in [-0.39, 0.29) is 23.3 Å². The van der Waals surface area contributed by atoms with Crippen LogP contribution in [0.5, 0.6) is 0 Å². The van der Waals surface area contributed by atoms with Gasteiger partial charge in [0.05, 0.1) is 16.9 Å². The smallest absolute Gasteiger partial charge is 0.416 e. The maximum Gasteiger partial charge on any atom is 0.416 e. The van der Waals surface area contributed by atoms with Gasteiger partial charge in [-0.3, -0.25) is 9.69 Å². The van der Waals surface area contributed by atoms with Crippen LogP contribution in [0.15, 0.2) is 64.4 Å². The number of carbonyl (C=O) groups excluding carboxylic acids is 2. The number of aromatic nitrogens is 2. The Morgan fingerprint density at radius 1 is 1.15 bits per heavy atom. The molecular weight excluding hydrogens is 471 g/mol. The number of hydrogen-bond donors (Lipinski definition) is 0. The Balaban J connectivity index is 1.42. The Labute approximate surface area is 195 Å². The molecule has 0 fully saturated rings. The van der Waals surface area contributed by atoms with Crippen molar-refractivity contribution in [3.8, 4) is 0 Å². The lowest BCUT2D eigenvalue weighted by atomic mass is 10.2. The molecule has 34 heavy (non-hydrogen) atoms. The molecule has 2 aromatic heterocycles. The van der Waals surface area contributed by atoms with E-state index in [0.29, 0.717) is 16.8 Å². The van der Waals surface area contributed by atoms with Gasteiger partial charge in [0.15, 0.2) is 10.7 Å². The summed E-state index contributed by atoms with van der Waals surface area (Å²) in [6.07, 6.45) is -2.02. The third-order valence-electron chi connectivity index (χ3n) is 4.51. The van der Waals surface area contributed by atoms with Gasteiger partial charge in [-0.25, -0.2) is 14.8 Å². The van der Waals surface area contributed by atoms with Crippen LogP contribution in [0.2, 0.25) is 0 Å². The summed E-state index contributed by atoms with van der Waals surface area (Å²) < 4.78 is 49.8. The number of thiazole rings is 1. The highest BCUT2D eigenvalue weighted by atomic mass is 32.1. The second kappa shape index (κ2) is 9.48. The molecule has 0 saturated carbocycles. The van der Waals surface area contributed by atoms with Gasteiger partial charge in [0.2, 0.25) is 11.8 Å². The Morgan fingerprint density at radius 3 is 2.68 bits per heavy atom. The van der Waals surface area contributed by atoms with Crippen molar-refractivity contribution in [2.24, 2.45) is 0 Å². The second-order valence-corrected chi connectivity index (χ2v) is 7.82. The van der Waals surface area contributed by atoms with E-state index < -0.39 is 23.6 Å². The fourth-order valence-electron chi connectivity index (χ4n) is 3.01. The maximum absolute atomic E-state index is 13.1. The van der Waals surface area contributed by atoms with Crippen LogP contribution < -0.4 is 4.90 Å². The van der Waals surface area contributed by atoms with Gasteiger partial charge in [0, 0.05) is 24.5 Å². The highest BCUT2D eigenvalue weighted by molar-refractivity contribution is 7.14. The van der Waals surface area contributed by atoms with Crippen molar-refractivity contribution in [1.29, 1.82) is 0 Å². The molecule has 0 aliphatic rings. The number of amides is 1. The monoisotopic (exact) mass is 487 g/mol. The number of carbonyl (C=O) groups is 2. The van der Waals surface area contributed by atoms with Crippen molar-refractivity contribution >= 4 is 51.2 Å². The van der Waals surface area contributed by atoms with Crippen molar-refractivity contribution in [3.05, 3.63) is 77.1 Å². The molecule has 174 valence electrons. The van der Waals surface area contributed by atoms with Crippen molar-refractivity contribution in [1.82, 2.24) is 9.97 Å². The zero-order valence-corrected chi connectivity index (χ0v) is 18.4. The largest absolute Gasteiger partial charge is 0.456 e. The number of anilines is 2. The summed E-state index contributed by atoms with van der Waals surface area (Å²) in [6, 6.07) is 11.5. The topological polar surface area (TPSA) is 85.5 Å². The van der Waals surface area contributed by atoms with Crippen LogP contribution in [-0.2, 0) is 27.1 Å².